The molecule has 512 valence electrons. The van der Waals surface area contributed by atoms with E-state index in [1.807, 2.05) is 0 Å². The molecule has 2 nitrogen and oxygen atoms in total. The van der Waals surface area contributed by atoms with Crippen LogP contribution < -0.4 is 0 Å². The molecule has 0 saturated carbocycles. The Bertz CT molecular complexity index is 990. The minimum absolute atomic E-state index is 0.374. The summed E-state index contributed by atoms with van der Waals surface area (Å²) < 4.78 is 0. The summed E-state index contributed by atoms with van der Waals surface area (Å²) in [5.41, 5.74) is 0. The van der Waals surface area contributed by atoms with Crippen LogP contribution in [0.15, 0.2) is 0 Å². The number of aliphatic hydroxyl groups is 2. The summed E-state index contributed by atoms with van der Waals surface area (Å²) in [6, 6.07) is 0. The molecule has 0 fully saturated rings. The van der Waals surface area contributed by atoms with Gasteiger partial charge >= 0.3 is 0 Å². The Balaban J connectivity index is 3.08. The maximum Gasteiger partial charge on any atom is 0.0431 e. The molecule has 2 heteroatoms. The number of hydrogen-bond donors (Lipinski definition) is 2. The summed E-state index contributed by atoms with van der Waals surface area (Å²) in [7, 11) is 0. The van der Waals surface area contributed by atoms with Crippen molar-refractivity contribution < 1.29 is 10.2 Å². The lowest BCUT2D eigenvalue weighted by molar-refractivity contribution is 0.282. The largest absolute Gasteiger partial charge is 0.396 e. The highest BCUT2D eigenvalue weighted by atomic mass is 16.3. The molecule has 0 aliphatic heterocycles. The first-order valence-electron chi connectivity index (χ1n) is 41.6. The van der Waals surface area contributed by atoms with Gasteiger partial charge in [-0.25, -0.2) is 0 Å². The van der Waals surface area contributed by atoms with Crippen molar-refractivity contribution in [2.45, 2.75) is 520 Å². The minimum atomic E-state index is 0.374. The van der Waals surface area contributed by atoms with E-state index in [2.05, 4.69) is 0 Å². The van der Waals surface area contributed by atoms with E-state index in [0.29, 0.717) is 13.2 Å². The first kappa shape index (κ1) is 84.9. The van der Waals surface area contributed by atoms with E-state index >= 15 is 0 Å². The van der Waals surface area contributed by atoms with Crippen LogP contribution in [-0.2, 0) is 0 Å². The summed E-state index contributed by atoms with van der Waals surface area (Å²) in [6.45, 7) is 0.749. The second-order valence-electron chi connectivity index (χ2n) is 29.1. The van der Waals surface area contributed by atoms with Crippen LogP contribution in [0, 0.1) is 0 Å². The van der Waals surface area contributed by atoms with Gasteiger partial charge in [0.2, 0.25) is 0 Å². The zero-order valence-electron chi connectivity index (χ0n) is 59.6. The Morgan fingerprint density at radius 1 is 0.0588 bits per heavy atom. The Morgan fingerprint density at radius 3 is 0.129 bits per heavy atom. The van der Waals surface area contributed by atoms with Gasteiger partial charge in [-0.1, -0.05) is 507 Å². The number of unbranched alkanes of at least 4 members (excludes halogenated alkanes) is 80. The van der Waals surface area contributed by atoms with Crippen molar-refractivity contribution in [2.75, 3.05) is 13.2 Å². The molecule has 0 spiro atoms. The lowest BCUT2D eigenvalue weighted by atomic mass is 10.0. The number of rotatable bonds is 82. The molecule has 0 aliphatic carbocycles. The third kappa shape index (κ3) is 83.9. The van der Waals surface area contributed by atoms with E-state index in [0.717, 1.165) is 12.8 Å². The Hall–Kier alpha value is -0.0800. The van der Waals surface area contributed by atoms with Crippen molar-refractivity contribution in [1.29, 1.82) is 0 Å². The van der Waals surface area contributed by atoms with E-state index in [1.54, 1.807) is 0 Å². The van der Waals surface area contributed by atoms with E-state index in [4.69, 9.17) is 10.2 Å². The standard InChI is InChI=1S/C83H168O2/c84-82-80-78-76-74-72-70-68-66-64-62-60-58-56-54-52-50-48-46-44-42-40-38-36-34-32-30-28-26-24-22-20-18-16-14-12-10-8-6-4-2-1-3-5-7-9-11-13-15-17-19-21-23-25-27-29-31-33-35-37-39-41-43-45-47-49-51-53-55-57-59-61-63-65-67-69-71-73-75-77-79-81-83-85/h84-85H,1-83H2. The molecule has 0 aliphatic rings. The average molecular weight is 1200 g/mol. The Labute approximate surface area is 540 Å². The first-order chi connectivity index (χ1) is 42.4. The number of hydrogen-bond acceptors (Lipinski definition) is 2. The van der Waals surface area contributed by atoms with Crippen LogP contribution in [0.25, 0.3) is 0 Å². The zero-order valence-corrected chi connectivity index (χ0v) is 59.6. The van der Waals surface area contributed by atoms with Crippen molar-refractivity contribution in [3.63, 3.8) is 0 Å². The molecule has 0 rings (SSSR count). The van der Waals surface area contributed by atoms with Gasteiger partial charge in [-0.15, -0.1) is 0 Å². The van der Waals surface area contributed by atoms with E-state index < -0.39 is 0 Å². The first-order valence-corrected chi connectivity index (χ1v) is 41.6. The van der Waals surface area contributed by atoms with Crippen molar-refractivity contribution in [3.05, 3.63) is 0 Å². The van der Waals surface area contributed by atoms with E-state index in [9.17, 15) is 0 Å². The topological polar surface area (TPSA) is 40.5 Å². The SMILES string of the molecule is OCCCCCCCCCCCCCCCCCCCCCCCCCCCCCCCCCCCCCCCCCCCCCCCCCCCCCCCCCCCCCCCCCCCCCCCCCCCCCCCCCCCO. The lowest BCUT2D eigenvalue weighted by Crippen LogP contribution is -1.85. The molecule has 2 N–H and O–H groups in total. The van der Waals surface area contributed by atoms with Crippen molar-refractivity contribution >= 4 is 0 Å². The molecule has 0 atom stereocenters. The zero-order chi connectivity index (χ0) is 60.7. The Kier molecular flexibility index (Phi) is 83.8. The third-order valence-electron chi connectivity index (χ3n) is 20.3. The van der Waals surface area contributed by atoms with Gasteiger partial charge in [0.1, 0.15) is 0 Å². The van der Waals surface area contributed by atoms with Gasteiger partial charge in [0.05, 0.1) is 0 Å². The second kappa shape index (κ2) is 83.9. The molecule has 85 heavy (non-hydrogen) atoms. The maximum atomic E-state index is 8.85. The van der Waals surface area contributed by atoms with Crippen LogP contribution in [-0.4, -0.2) is 23.4 Å². The van der Waals surface area contributed by atoms with Gasteiger partial charge in [-0.3, -0.25) is 0 Å². The van der Waals surface area contributed by atoms with E-state index in [1.165, 1.54) is 507 Å². The molecule has 0 bridgehead atoms. The third-order valence-corrected chi connectivity index (χ3v) is 20.3. The van der Waals surface area contributed by atoms with Crippen LogP contribution in [0.5, 0.6) is 0 Å². The molecule has 0 unspecified atom stereocenters. The van der Waals surface area contributed by atoms with Crippen LogP contribution >= 0.6 is 0 Å². The summed E-state index contributed by atoms with van der Waals surface area (Å²) >= 11 is 0. The van der Waals surface area contributed by atoms with Gasteiger partial charge in [0, 0.05) is 13.2 Å². The summed E-state index contributed by atoms with van der Waals surface area (Å²) in [6.07, 6.45) is 118. The van der Waals surface area contributed by atoms with Gasteiger partial charge < -0.3 is 10.2 Å². The van der Waals surface area contributed by atoms with Gasteiger partial charge in [0.25, 0.3) is 0 Å². The fraction of sp³-hybridized carbons (Fsp3) is 1.00. The predicted octanol–water partition coefficient (Wildman–Crippen LogP) is 30.6. The molecular formula is C83H168O2. The summed E-state index contributed by atoms with van der Waals surface area (Å²) in [5.74, 6) is 0. The fourth-order valence-corrected chi connectivity index (χ4v) is 14.2. The van der Waals surface area contributed by atoms with Crippen molar-refractivity contribution in [3.8, 4) is 0 Å². The van der Waals surface area contributed by atoms with E-state index in [-0.39, 0.29) is 0 Å². The molecule has 0 saturated heterocycles. The van der Waals surface area contributed by atoms with Crippen LogP contribution in [0.1, 0.15) is 520 Å². The molecule has 0 heterocycles. The average Bonchev–Trinajstić information content (AvgIpc) is 3.51. The molecule has 0 radical (unpaired) electrons. The Morgan fingerprint density at radius 2 is 0.0941 bits per heavy atom. The second-order valence-corrected chi connectivity index (χ2v) is 29.1. The highest BCUT2D eigenvalue weighted by molar-refractivity contribution is 4.58. The van der Waals surface area contributed by atoms with Crippen LogP contribution in [0.3, 0.4) is 0 Å². The smallest absolute Gasteiger partial charge is 0.0431 e. The minimum Gasteiger partial charge on any atom is -0.396 e. The monoisotopic (exact) mass is 1200 g/mol. The van der Waals surface area contributed by atoms with Crippen molar-refractivity contribution in [1.82, 2.24) is 0 Å². The maximum absolute atomic E-state index is 8.85. The molecule has 0 aromatic heterocycles. The molecule has 0 amide bonds. The number of aliphatic hydroxyl groups excluding tert-OH is 2. The van der Waals surface area contributed by atoms with Gasteiger partial charge in [0.15, 0.2) is 0 Å². The fourth-order valence-electron chi connectivity index (χ4n) is 14.2. The molecule has 0 aromatic rings. The van der Waals surface area contributed by atoms with Crippen LogP contribution in [0.4, 0.5) is 0 Å². The summed E-state index contributed by atoms with van der Waals surface area (Å²) in [5, 5.41) is 17.7. The quantitative estimate of drug-likeness (QED) is 0.0596. The predicted molar refractivity (Wildman–Crippen MR) is 388 cm³/mol. The lowest BCUT2D eigenvalue weighted by Gasteiger charge is -2.05. The summed E-state index contributed by atoms with van der Waals surface area (Å²) in [4.78, 5) is 0. The van der Waals surface area contributed by atoms with Gasteiger partial charge in [-0.2, -0.15) is 0 Å². The highest BCUT2D eigenvalue weighted by Gasteiger charge is 2.02. The highest BCUT2D eigenvalue weighted by Crippen LogP contribution is 2.22. The molecular weight excluding hydrogens is 1030 g/mol. The normalized spacial score (nSPS) is 11.8. The molecule has 0 aromatic carbocycles. The van der Waals surface area contributed by atoms with Crippen molar-refractivity contribution in [2.24, 2.45) is 0 Å². The van der Waals surface area contributed by atoms with Gasteiger partial charge in [-0.05, 0) is 12.8 Å². The van der Waals surface area contributed by atoms with Crippen LogP contribution in [0.2, 0.25) is 0 Å².